The molecule has 0 spiro atoms. The summed E-state index contributed by atoms with van der Waals surface area (Å²) in [5.41, 5.74) is 5.67. The highest BCUT2D eigenvalue weighted by atomic mass is 16.2. The number of carbonyl (C=O) groups is 2. The third-order valence-electron chi connectivity index (χ3n) is 3.00. The molecule has 0 radical (unpaired) electrons. The van der Waals surface area contributed by atoms with Crippen molar-refractivity contribution in [2.24, 2.45) is 11.1 Å². The summed E-state index contributed by atoms with van der Waals surface area (Å²) in [5, 5.41) is 2.65. The fourth-order valence-corrected chi connectivity index (χ4v) is 1.83. The van der Waals surface area contributed by atoms with Gasteiger partial charge in [-0.05, 0) is 18.3 Å². The molecular formula is C11H21N3O2. The number of hydrogen-bond acceptors (Lipinski definition) is 3. The zero-order valence-corrected chi connectivity index (χ0v) is 10.2. The number of nitrogens with one attached hydrogen (secondary N) is 1. The van der Waals surface area contributed by atoms with Gasteiger partial charge >= 0.3 is 0 Å². The fourth-order valence-electron chi connectivity index (χ4n) is 1.83. The zero-order chi connectivity index (χ0) is 12.3. The molecule has 0 saturated carbocycles. The number of nitrogens with zero attached hydrogens (tertiary/aromatic N) is 1. The molecule has 0 aromatic heterocycles. The van der Waals surface area contributed by atoms with Gasteiger partial charge in [0.05, 0.1) is 6.04 Å². The molecule has 1 fully saturated rings. The van der Waals surface area contributed by atoms with E-state index in [-0.39, 0.29) is 17.5 Å². The predicted molar refractivity (Wildman–Crippen MR) is 61.4 cm³/mol. The van der Waals surface area contributed by atoms with Gasteiger partial charge in [-0.2, -0.15) is 0 Å². The quantitative estimate of drug-likeness (QED) is 0.669. The van der Waals surface area contributed by atoms with E-state index in [9.17, 15) is 9.59 Å². The van der Waals surface area contributed by atoms with E-state index < -0.39 is 6.04 Å². The second-order valence-electron chi connectivity index (χ2n) is 5.32. The van der Waals surface area contributed by atoms with Crippen molar-refractivity contribution < 1.29 is 9.59 Å². The number of likely N-dealkylation sites (tertiary alicyclic amines) is 1. The van der Waals surface area contributed by atoms with Crippen LogP contribution in [0.15, 0.2) is 0 Å². The Bertz CT molecular complexity index is 273. The van der Waals surface area contributed by atoms with Crippen LogP contribution in [0.2, 0.25) is 0 Å². The molecule has 0 bridgehead atoms. The molecule has 3 N–H and O–H groups in total. The molecule has 0 aromatic carbocycles. The van der Waals surface area contributed by atoms with Crippen LogP contribution in [0.25, 0.3) is 0 Å². The summed E-state index contributed by atoms with van der Waals surface area (Å²) < 4.78 is 0. The summed E-state index contributed by atoms with van der Waals surface area (Å²) in [6.45, 7) is 6.49. The lowest BCUT2D eigenvalue weighted by Crippen LogP contribution is -2.54. The Morgan fingerprint density at radius 1 is 1.56 bits per heavy atom. The number of carbonyl (C=O) groups excluding carboxylic acids is 2. The lowest BCUT2D eigenvalue weighted by molar-refractivity contribution is -0.136. The Balaban J connectivity index is 2.69. The van der Waals surface area contributed by atoms with E-state index in [1.165, 1.54) is 0 Å². The van der Waals surface area contributed by atoms with Crippen LogP contribution in [0.4, 0.5) is 0 Å². The topological polar surface area (TPSA) is 75.4 Å². The van der Waals surface area contributed by atoms with Gasteiger partial charge in [-0.1, -0.05) is 20.8 Å². The van der Waals surface area contributed by atoms with Gasteiger partial charge in [0.25, 0.3) is 0 Å². The summed E-state index contributed by atoms with van der Waals surface area (Å²) >= 11 is 0. The number of rotatable bonds is 3. The zero-order valence-electron chi connectivity index (χ0n) is 10.2. The van der Waals surface area contributed by atoms with E-state index in [2.05, 4.69) is 5.32 Å². The largest absolute Gasteiger partial charge is 0.338 e. The first-order valence-corrected chi connectivity index (χ1v) is 5.63. The standard InChI is InChI=1S/C11H21N3O2/c1-11(2,3)9(12)10(16)14-6-4-5-8(14)13-7-15/h7-9H,4-6,12H2,1-3H3,(H,13,15)/t8?,9-/m1/s1. The van der Waals surface area contributed by atoms with Crippen molar-refractivity contribution in [3.8, 4) is 0 Å². The van der Waals surface area contributed by atoms with Crippen molar-refractivity contribution >= 4 is 12.3 Å². The predicted octanol–water partition coefficient (Wildman–Crippen LogP) is 0.0543. The van der Waals surface area contributed by atoms with Crippen LogP contribution < -0.4 is 11.1 Å². The average molecular weight is 227 g/mol. The second kappa shape index (κ2) is 4.82. The molecule has 2 amide bonds. The van der Waals surface area contributed by atoms with Gasteiger partial charge in [0.2, 0.25) is 12.3 Å². The summed E-state index contributed by atoms with van der Waals surface area (Å²) in [4.78, 5) is 24.2. The van der Waals surface area contributed by atoms with E-state index in [0.29, 0.717) is 13.0 Å². The lowest BCUT2D eigenvalue weighted by Gasteiger charge is -2.32. The fraction of sp³-hybridized carbons (Fsp3) is 0.818. The van der Waals surface area contributed by atoms with E-state index in [1.54, 1.807) is 4.90 Å². The smallest absolute Gasteiger partial charge is 0.241 e. The van der Waals surface area contributed by atoms with Crippen molar-refractivity contribution in [1.82, 2.24) is 10.2 Å². The molecule has 0 aromatic rings. The van der Waals surface area contributed by atoms with Gasteiger partial charge in [-0.3, -0.25) is 9.59 Å². The monoisotopic (exact) mass is 227 g/mol. The molecule has 16 heavy (non-hydrogen) atoms. The first-order valence-electron chi connectivity index (χ1n) is 5.63. The maximum Gasteiger partial charge on any atom is 0.241 e. The van der Waals surface area contributed by atoms with Crippen LogP contribution >= 0.6 is 0 Å². The van der Waals surface area contributed by atoms with E-state index >= 15 is 0 Å². The first kappa shape index (κ1) is 13.0. The number of amides is 2. The molecule has 1 saturated heterocycles. The Morgan fingerprint density at radius 3 is 2.69 bits per heavy atom. The average Bonchev–Trinajstić information content (AvgIpc) is 2.63. The number of hydrogen-bond donors (Lipinski definition) is 2. The highest BCUT2D eigenvalue weighted by Crippen LogP contribution is 2.23. The first-order chi connectivity index (χ1) is 7.38. The van der Waals surface area contributed by atoms with Crippen molar-refractivity contribution in [2.45, 2.75) is 45.8 Å². The summed E-state index contributed by atoms with van der Waals surface area (Å²) in [5.74, 6) is -0.0793. The molecule has 1 aliphatic rings. The van der Waals surface area contributed by atoms with Crippen LogP contribution in [0.1, 0.15) is 33.6 Å². The second-order valence-corrected chi connectivity index (χ2v) is 5.32. The van der Waals surface area contributed by atoms with Crippen molar-refractivity contribution in [2.75, 3.05) is 6.54 Å². The van der Waals surface area contributed by atoms with Crippen LogP contribution in [0.5, 0.6) is 0 Å². The van der Waals surface area contributed by atoms with Crippen molar-refractivity contribution in [1.29, 1.82) is 0 Å². The Hall–Kier alpha value is -1.10. The molecule has 5 nitrogen and oxygen atoms in total. The molecule has 1 rings (SSSR count). The minimum atomic E-state index is -0.526. The Labute approximate surface area is 96.4 Å². The molecule has 0 aliphatic carbocycles. The third kappa shape index (κ3) is 2.72. The van der Waals surface area contributed by atoms with Crippen molar-refractivity contribution in [3.05, 3.63) is 0 Å². The Kier molecular flexibility index (Phi) is 3.91. The number of nitrogens with two attached hydrogens (primary N) is 1. The molecule has 5 heteroatoms. The van der Waals surface area contributed by atoms with Crippen LogP contribution in [0, 0.1) is 5.41 Å². The van der Waals surface area contributed by atoms with E-state index in [4.69, 9.17) is 5.73 Å². The maximum absolute atomic E-state index is 12.1. The Morgan fingerprint density at radius 2 is 2.19 bits per heavy atom. The summed E-state index contributed by atoms with van der Waals surface area (Å²) in [7, 11) is 0. The van der Waals surface area contributed by atoms with E-state index in [1.807, 2.05) is 20.8 Å². The van der Waals surface area contributed by atoms with Gasteiger partial charge in [0.15, 0.2) is 0 Å². The molecule has 1 unspecified atom stereocenters. The highest BCUT2D eigenvalue weighted by molar-refractivity contribution is 5.83. The van der Waals surface area contributed by atoms with Gasteiger partial charge in [0, 0.05) is 6.54 Å². The molecule has 1 heterocycles. The third-order valence-corrected chi connectivity index (χ3v) is 3.00. The molecule has 2 atom stereocenters. The van der Waals surface area contributed by atoms with Crippen molar-refractivity contribution in [3.63, 3.8) is 0 Å². The van der Waals surface area contributed by atoms with Crippen LogP contribution in [-0.4, -0.2) is 36.0 Å². The molecular weight excluding hydrogens is 206 g/mol. The molecule has 1 aliphatic heterocycles. The van der Waals surface area contributed by atoms with Gasteiger partial charge in [-0.25, -0.2) is 0 Å². The SMILES string of the molecule is CC(C)(C)[C@H](N)C(=O)N1CCCC1NC=O. The van der Waals surface area contributed by atoms with Crippen LogP contribution in [0.3, 0.4) is 0 Å². The maximum atomic E-state index is 12.1. The minimum absolute atomic E-state index is 0.0793. The van der Waals surface area contributed by atoms with Crippen LogP contribution in [-0.2, 0) is 9.59 Å². The van der Waals surface area contributed by atoms with Gasteiger partial charge in [0.1, 0.15) is 6.17 Å². The van der Waals surface area contributed by atoms with Gasteiger partial charge in [-0.15, -0.1) is 0 Å². The van der Waals surface area contributed by atoms with Gasteiger partial charge < -0.3 is 16.0 Å². The normalized spacial score (nSPS) is 23.0. The summed E-state index contributed by atoms with van der Waals surface area (Å²) in [6, 6.07) is -0.526. The minimum Gasteiger partial charge on any atom is -0.338 e. The van der Waals surface area contributed by atoms with E-state index in [0.717, 1.165) is 12.8 Å². The summed E-state index contributed by atoms with van der Waals surface area (Å²) in [6.07, 6.45) is 2.17. The lowest BCUT2D eigenvalue weighted by atomic mass is 9.86. The highest BCUT2D eigenvalue weighted by Gasteiger charge is 2.36. The molecule has 92 valence electrons.